The number of fused-ring (bicyclic) bond motifs is 3. The van der Waals surface area contributed by atoms with E-state index in [4.69, 9.17) is 0 Å². The average molecular weight is 480 g/mol. The molecule has 2 aliphatic rings. The number of rotatable bonds is 8. The Morgan fingerprint density at radius 1 is 1.06 bits per heavy atom. The van der Waals surface area contributed by atoms with Crippen molar-refractivity contribution in [2.24, 2.45) is 5.92 Å². The molecule has 0 aromatic heterocycles. The highest BCUT2D eigenvalue weighted by Crippen LogP contribution is 2.56. The topological polar surface area (TPSA) is 78.5 Å². The first-order valence-electron chi connectivity index (χ1n) is 11.9. The van der Waals surface area contributed by atoms with Crippen LogP contribution in [0.25, 0.3) is 0 Å². The van der Waals surface area contributed by atoms with E-state index in [1.54, 1.807) is 16.7 Å². The number of benzene rings is 2. The lowest BCUT2D eigenvalue weighted by Gasteiger charge is -2.31. The molecule has 6 nitrogen and oxygen atoms in total. The van der Waals surface area contributed by atoms with Gasteiger partial charge in [0.25, 0.3) is 5.91 Å². The summed E-state index contributed by atoms with van der Waals surface area (Å²) in [6.07, 6.45) is 1.25. The first kappa shape index (κ1) is 24.3. The zero-order valence-electron chi connectivity index (χ0n) is 20.2. The van der Waals surface area contributed by atoms with Crippen LogP contribution in [0.15, 0.2) is 54.6 Å². The number of carbonyl (C=O) groups is 3. The Kier molecular flexibility index (Phi) is 7.03. The normalized spacial score (nSPS) is 21.2. The maximum atomic E-state index is 13.6. The van der Waals surface area contributed by atoms with Gasteiger partial charge in [-0.3, -0.25) is 14.4 Å². The Bertz CT molecular complexity index is 1070. The summed E-state index contributed by atoms with van der Waals surface area (Å²) in [7, 11) is 0. The van der Waals surface area contributed by atoms with Crippen LogP contribution in [0, 0.1) is 5.92 Å². The number of nitrogens with one attached hydrogen (secondary N) is 2. The minimum absolute atomic E-state index is 0.119. The molecule has 0 radical (unpaired) electrons. The number of amides is 3. The molecule has 2 heterocycles. The van der Waals surface area contributed by atoms with E-state index < -0.39 is 16.8 Å². The summed E-state index contributed by atoms with van der Waals surface area (Å²) in [5.74, 6) is -0.354. The number of nitrogens with zero attached hydrogens (tertiary/aromatic N) is 1. The summed E-state index contributed by atoms with van der Waals surface area (Å²) in [5, 5.41) is 5.80. The zero-order valence-corrected chi connectivity index (χ0v) is 21.0. The Labute approximate surface area is 205 Å². The summed E-state index contributed by atoms with van der Waals surface area (Å²) >= 11 is 1.63. The van der Waals surface area contributed by atoms with Crippen molar-refractivity contribution < 1.29 is 14.4 Å². The molecule has 0 saturated carbocycles. The lowest BCUT2D eigenvalue weighted by Crippen LogP contribution is -2.57. The first-order chi connectivity index (χ1) is 16.2. The van der Waals surface area contributed by atoms with E-state index in [1.807, 2.05) is 82.3 Å². The maximum Gasteiger partial charge on any atom is 0.256 e. The van der Waals surface area contributed by atoms with Crippen LogP contribution in [-0.4, -0.2) is 46.0 Å². The molecule has 34 heavy (non-hydrogen) atoms. The molecule has 3 amide bonds. The van der Waals surface area contributed by atoms with Gasteiger partial charge in [0.15, 0.2) is 0 Å². The van der Waals surface area contributed by atoms with E-state index in [-0.39, 0.29) is 29.0 Å². The zero-order chi connectivity index (χ0) is 24.5. The molecule has 2 aromatic rings. The fraction of sp³-hybridized carbons (Fsp3) is 0.444. The van der Waals surface area contributed by atoms with E-state index in [1.165, 1.54) is 0 Å². The minimum Gasteiger partial charge on any atom is -0.354 e. The second-order valence-corrected chi connectivity index (χ2v) is 11.7. The van der Waals surface area contributed by atoms with Gasteiger partial charge in [-0.25, -0.2) is 0 Å². The fourth-order valence-corrected chi connectivity index (χ4v) is 6.44. The molecule has 2 N–H and O–H groups in total. The Morgan fingerprint density at radius 2 is 1.74 bits per heavy atom. The molecule has 1 saturated heterocycles. The van der Waals surface area contributed by atoms with Crippen LogP contribution in [-0.2, 0) is 16.0 Å². The molecule has 2 aromatic carbocycles. The Hall–Kier alpha value is -2.80. The van der Waals surface area contributed by atoms with Gasteiger partial charge in [0.2, 0.25) is 11.8 Å². The Morgan fingerprint density at radius 3 is 2.44 bits per heavy atom. The summed E-state index contributed by atoms with van der Waals surface area (Å²) in [6, 6.07) is 16.2. The van der Waals surface area contributed by atoms with E-state index in [0.717, 1.165) is 17.5 Å². The van der Waals surface area contributed by atoms with Crippen LogP contribution in [0.3, 0.4) is 0 Å². The van der Waals surface area contributed by atoms with Gasteiger partial charge < -0.3 is 15.5 Å². The van der Waals surface area contributed by atoms with Gasteiger partial charge in [-0.05, 0) is 49.8 Å². The summed E-state index contributed by atoms with van der Waals surface area (Å²) in [5.41, 5.74) is 2.76. The van der Waals surface area contributed by atoms with Crippen molar-refractivity contribution in [2.45, 2.75) is 62.7 Å². The predicted molar refractivity (Wildman–Crippen MR) is 135 cm³/mol. The lowest BCUT2D eigenvalue weighted by molar-refractivity contribution is -0.132. The largest absolute Gasteiger partial charge is 0.354 e. The van der Waals surface area contributed by atoms with Crippen molar-refractivity contribution in [3.8, 4) is 0 Å². The molecule has 4 rings (SSSR count). The van der Waals surface area contributed by atoms with Crippen LogP contribution in [0.4, 0.5) is 0 Å². The van der Waals surface area contributed by atoms with Crippen molar-refractivity contribution in [1.29, 1.82) is 0 Å². The summed E-state index contributed by atoms with van der Waals surface area (Å²) < 4.78 is -0.482. The van der Waals surface area contributed by atoms with Gasteiger partial charge >= 0.3 is 0 Å². The third kappa shape index (κ3) is 4.85. The van der Waals surface area contributed by atoms with Crippen LogP contribution < -0.4 is 10.6 Å². The van der Waals surface area contributed by atoms with Gasteiger partial charge in [0, 0.05) is 16.9 Å². The molecule has 1 fully saturated rings. The molecule has 0 bridgehead atoms. The molecule has 7 heteroatoms. The second kappa shape index (κ2) is 9.82. The van der Waals surface area contributed by atoms with E-state index in [2.05, 4.69) is 10.6 Å². The maximum absolute atomic E-state index is 13.6. The van der Waals surface area contributed by atoms with Crippen LogP contribution >= 0.6 is 11.8 Å². The molecule has 0 spiro atoms. The molecule has 0 unspecified atom stereocenters. The second-order valence-electron chi connectivity index (χ2n) is 9.99. The van der Waals surface area contributed by atoms with Crippen LogP contribution in [0.2, 0.25) is 0 Å². The molecular formula is C27H33N3O3S. The van der Waals surface area contributed by atoms with E-state index in [0.29, 0.717) is 18.5 Å². The highest BCUT2D eigenvalue weighted by atomic mass is 32.2. The van der Waals surface area contributed by atoms with Crippen molar-refractivity contribution >= 4 is 29.5 Å². The first-order valence-corrected chi connectivity index (χ1v) is 12.8. The van der Waals surface area contributed by atoms with Crippen LogP contribution in [0.1, 0.15) is 61.0 Å². The monoisotopic (exact) mass is 479 g/mol. The van der Waals surface area contributed by atoms with E-state index >= 15 is 0 Å². The Balaban J connectivity index is 1.46. The average Bonchev–Trinajstić information content (AvgIpc) is 3.22. The predicted octanol–water partition coefficient (Wildman–Crippen LogP) is 3.92. The third-order valence-electron chi connectivity index (χ3n) is 6.44. The third-order valence-corrected chi connectivity index (χ3v) is 7.98. The van der Waals surface area contributed by atoms with E-state index in [9.17, 15) is 14.4 Å². The minimum atomic E-state index is -0.658. The molecule has 0 aliphatic carbocycles. The molecular weight excluding hydrogens is 446 g/mol. The van der Waals surface area contributed by atoms with Crippen molar-refractivity contribution in [2.75, 3.05) is 6.54 Å². The molecule has 2 aliphatic heterocycles. The molecule has 3 atom stereocenters. The number of hydrogen-bond donors (Lipinski definition) is 2. The van der Waals surface area contributed by atoms with Gasteiger partial charge in [0.05, 0.1) is 0 Å². The van der Waals surface area contributed by atoms with Crippen molar-refractivity contribution in [1.82, 2.24) is 15.5 Å². The summed E-state index contributed by atoms with van der Waals surface area (Å²) in [6.45, 7) is 8.55. The van der Waals surface area contributed by atoms with Gasteiger partial charge in [-0.1, -0.05) is 62.4 Å². The van der Waals surface area contributed by atoms with Crippen molar-refractivity contribution in [3.05, 3.63) is 71.3 Å². The quantitative estimate of drug-likeness (QED) is 0.602. The molecule has 180 valence electrons. The number of hydrogen-bond acceptors (Lipinski definition) is 4. The fourth-order valence-electron chi connectivity index (χ4n) is 4.86. The van der Waals surface area contributed by atoms with Crippen molar-refractivity contribution in [3.63, 3.8) is 0 Å². The van der Waals surface area contributed by atoms with Crippen LogP contribution in [0.5, 0.6) is 0 Å². The van der Waals surface area contributed by atoms with Gasteiger partial charge in [0.1, 0.15) is 17.5 Å². The highest BCUT2D eigenvalue weighted by molar-refractivity contribution is 8.01. The standard InChI is InChI=1S/C27H33N3O3S/c1-17(2)16-21(23(31)28-15-14-18-10-6-5-7-11-18)29-24(32)22-27(3,4)34-26-20-13-9-8-12-19(20)25(33)30(22)26/h5-13,17,21-22,26H,14-16H2,1-4H3,(H,28,31)(H,29,32)/t21-,22+,26-/m0/s1. The number of carbonyl (C=O) groups excluding carboxylic acids is 3. The van der Waals surface area contributed by atoms with Gasteiger partial charge in [-0.2, -0.15) is 0 Å². The summed E-state index contributed by atoms with van der Waals surface area (Å²) in [4.78, 5) is 41.5. The lowest BCUT2D eigenvalue weighted by atomic mass is 9.98. The highest BCUT2D eigenvalue weighted by Gasteiger charge is 2.57. The SMILES string of the molecule is CC(C)C[C@H](NC(=O)[C@H]1N2C(=O)c3ccccc3[C@@H]2SC1(C)C)C(=O)NCCc1ccccc1. The number of thioether (sulfide) groups is 1. The van der Waals surface area contributed by atoms with Gasteiger partial charge in [-0.15, -0.1) is 11.8 Å². The smallest absolute Gasteiger partial charge is 0.256 e.